The van der Waals surface area contributed by atoms with Crippen LogP contribution in [0.1, 0.15) is 24.5 Å². The number of imide groups is 1. The number of hydrogen-bond donors (Lipinski definition) is 3. The van der Waals surface area contributed by atoms with Gasteiger partial charge in [0.2, 0.25) is 5.91 Å². The summed E-state index contributed by atoms with van der Waals surface area (Å²) in [6, 6.07) is 4.81. The van der Waals surface area contributed by atoms with Gasteiger partial charge in [0.25, 0.3) is 0 Å². The van der Waals surface area contributed by atoms with Crippen LogP contribution in [0.2, 0.25) is 0 Å². The summed E-state index contributed by atoms with van der Waals surface area (Å²) in [4.78, 5) is 35.8. The minimum absolute atomic E-state index is 0. The number of carbonyl (C=O) groups is 3. The molecule has 24 heavy (non-hydrogen) atoms. The monoisotopic (exact) mass is 357 g/mol. The summed E-state index contributed by atoms with van der Waals surface area (Å²) in [5, 5.41) is 13.6. The molecule has 8 heteroatoms. The van der Waals surface area contributed by atoms with E-state index in [2.05, 4.69) is 10.6 Å². The smallest absolute Gasteiger partial charge is 0.325 e. The number of hydrogen-bond acceptors (Lipinski definition) is 4. The van der Waals surface area contributed by atoms with Gasteiger partial charge < -0.3 is 10.4 Å². The number of aliphatic carboxylic acids is 1. The highest BCUT2D eigenvalue weighted by Gasteiger charge is 2.15. The maximum atomic E-state index is 11.8. The molecule has 0 bridgehead atoms. The van der Waals surface area contributed by atoms with E-state index in [1.54, 1.807) is 6.07 Å². The summed E-state index contributed by atoms with van der Waals surface area (Å²) in [5.74, 6) is -1.55. The minimum atomic E-state index is -1.01. The highest BCUT2D eigenvalue weighted by atomic mass is 35.5. The fourth-order valence-corrected chi connectivity index (χ4v) is 2.07. The SMILES string of the molecule is CCCN(CC(=O)O)CC(=O)NC(=O)Nc1ccc(C)c(C)c1.Cl. The van der Waals surface area contributed by atoms with Gasteiger partial charge in [-0.3, -0.25) is 19.8 Å². The van der Waals surface area contributed by atoms with E-state index in [0.717, 1.165) is 17.5 Å². The molecule has 1 aromatic carbocycles. The number of amides is 3. The Labute approximate surface area is 147 Å². The number of rotatable bonds is 7. The fraction of sp³-hybridized carbons (Fsp3) is 0.438. The molecular weight excluding hydrogens is 334 g/mol. The molecule has 3 amide bonds. The maximum Gasteiger partial charge on any atom is 0.325 e. The third-order valence-electron chi connectivity index (χ3n) is 3.28. The molecular formula is C16H24ClN3O4. The molecule has 1 aromatic rings. The molecule has 0 unspecified atom stereocenters. The summed E-state index contributed by atoms with van der Waals surface area (Å²) in [6.45, 7) is 5.88. The van der Waals surface area contributed by atoms with Crippen molar-refractivity contribution in [2.75, 3.05) is 25.0 Å². The molecule has 1 rings (SSSR count). The van der Waals surface area contributed by atoms with Gasteiger partial charge in [0.05, 0.1) is 13.1 Å². The average molecular weight is 358 g/mol. The number of urea groups is 1. The molecule has 0 fully saturated rings. The topological polar surface area (TPSA) is 98.7 Å². The zero-order valence-electron chi connectivity index (χ0n) is 14.1. The summed E-state index contributed by atoms with van der Waals surface area (Å²) < 4.78 is 0. The van der Waals surface area contributed by atoms with Crippen molar-refractivity contribution < 1.29 is 19.5 Å². The van der Waals surface area contributed by atoms with Crippen LogP contribution in [0.25, 0.3) is 0 Å². The molecule has 0 aliphatic carbocycles. The van der Waals surface area contributed by atoms with E-state index in [9.17, 15) is 14.4 Å². The average Bonchev–Trinajstić information content (AvgIpc) is 2.42. The highest BCUT2D eigenvalue weighted by Crippen LogP contribution is 2.13. The van der Waals surface area contributed by atoms with Crippen molar-refractivity contribution in [3.63, 3.8) is 0 Å². The Kier molecular flexibility index (Phi) is 9.68. The molecule has 0 spiro atoms. The van der Waals surface area contributed by atoms with Gasteiger partial charge in [0.1, 0.15) is 0 Å². The number of benzene rings is 1. The zero-order chi connectivity index (χ0) is 17.4. The van der Waals surface area contributed by atoms with Crippen LogP contribution in [-0.4, -0.2) is 47.5 Å². The van der Waals surface area contributed by atoms with Gasteiger partial charge in [-0.1, -0.05) is 13.0 Å². The van der Waals surface area contributed by atoms with Crippen molar-refractivity contribution in [2.24, 2.45) is 0 Å². The first-order valence-corrected chi connectivity index (χ1v) is 7.44. The number of carboxylic acids is 1. The molecule has 7 nitrogen and oxygen atoms in total. The van der Waals surface area contributed by atoms with Crippen molar-refractivity contribution in [1.82, 2.24) is 10.2 Å². The third kappa shape index (κ3) is 7.94. The largest absolute Gasteiger partial charge is 0.480 e. The van der Waals surface area contributed by atoms with Crippen LogP contribution in [0.3, 0.4) is 0 Å². The van der Waals surface area contributed by atoms with Crippen LogP contribution in [0.4, 0.5) is 10.5 Å². The van der Waals surface area contributed by atoms with Gasteiger partial charge in [-0.15, -0.1) is 12.4 Å². The molecule has 0 saturated heterocycles. The van der Waals surface area contributed by atoms with E-state index in [0.29, 0.717) is 12.2 Å². The van der Waals surface area contributed by atoms with Crippen LogP contribution < -0.4 is 10.6 Å². The van der Waals surface area contributed by atoms with Crippen LogP contribution in [-0.2, 0) is 9.59 Å². The first-order chi connectivity index (χ1) is 10.8. The molecule has 0 saturated carbocycles. The summed E-state index contributed by atoms with van der Waals surface area (Å²) in [7, 11) is 0. The van der Waals surface area contributed by atoms with E-state index in [1.807, 2.05) is 32.9 Å². The Balaban J connectivity index is 0.00000529. The maximum absolute atomic E-state index is 11.8. The van der Waals surface area contributed by atoms with E-state index in [-0.39, 0.29) is 25.5 Å². The van der Waals surface area contributed by atoms with Gasteiger partial charge in [0.15, 0.2) is 0 Å². The Morgan fingerprint density at radius 2 is 1.79 bits per heavy atom. The van der Waals surface area contributed by atoms with Crippen LogP contribution in [0.15, 0.2) is 18.2 Å². The number of carboxylic acid groups (broad SMARTS) is 1. The Morgan fingerprint density at radius 1 is 1.12 bits per heavy atom. The molecule has 0 radical (unpaired) electrons. The number of nitrogens with one attached hydrogen (secondary N) is 2. The van der Waals surface area contributed by atoms with E-state index < -0.39 is 17.9 Å². The molecule has 134 valence electrons. The van der Waals surface area contributed by atoms with Gasteiger partial charge in [-0.25, -0.2) is 4.79 Å². The number of anilines is 1. The lowest BCUT2D eigenvalue weighted by molar-refractivity contribution is -0.138. The second kappa shape index (κ2) is 10.6. The standard InChI is InChI=1S/C16H23N3O4.ClH/c1-4-7-19(10-15(21)22)9-14(20)18-16(23)17-13-6-5-11(2)12(3)8-13;/h5-6,8H,4,7,9-10H2,1-3H3,(H,21,22)(H2,17,18,20,23);1H. The lowest BCUT2D eigenvalue weighted by Crippen LogP contribution is -2.43. The number of carbonyl (C=O) groups excluding carboxylic acids is 2. The fourth-order valence-electron chi connectivity index (χ4n) is 2.07. The van der Waals surface area contributed by atoms with Gasteiger partial charge in [-0.2, -0.15) is 0 Å². The van der Waals surface area contributed by atoms with Gasteiger partial charge in [-0.05, 0) is 50.1 Å². The van der Waals surface area contributed by atoms with Crippen LogP contribution in [0.5, 0.6) is 0 Å². The molecule has 0 aliphatic heterocycles. The van der Waals surface area contributed by atoms with Gasteiger partial charge in [0, 0.05) is 5.69 Å². The molecule has 3 N–H and O–H groups in total. The number of aryl methyl sites for hydroxylation is 2. The summed E-state index contributed by atoms with van der Waals surface area (Å²) >= 11 is 0. The van der Waals surface area contributed by atoms with Crippen molar-refractivity contribution >= 4 is 36.0 Å². The predicted molar refractivity (Wildman–Crippen MR) is 94.7 cm³/mol. The van der Waals surface area contributed by atoms with Crippen molar-refractivity contribution in [3.8, 4) is 0 Å². The second-order valence-electron chi connectivity index (χ2n) is 5.41. The number of halogens is 1. The normalized spacial score (nSPS) is 10.0. The Morgan fingerprint density at radius 3 is 2.33 bits per heavy atom. The lowest BCUT2D eigenvalue weighted by Gasteiger charge is -2.18. The first-order valence-electron chi connectivity index (χ1n) is 7.44. The minimum Gasteiger partial charge on any atom is -0.480 e. The summed E-state index contributed by atoms with van der Waals surface area (Å²) in [5.41, 5.74) is 2.73. The van der Waals surface area contributed by atoms with Gasteiger partial charge >= 0.3 is 12.0 Å². The van der Waals surface area contributed by atoms with Crippen LogP contribution >= 0.6 is 12.4 Å². The molecule has 0 atom stereocenters. The van der Waals surface area contributed by atoms with Crippen LogP contribution in [0, 0.1) is 13.8 Å². The zero-order valence-corrected chi connectivity index (χ0v) is 14.9. The van der Waals surface area contributed by atoms with Crippen molar-refractivity contribution in [2.45, 2.75) is 27.2 Å². The first kappa shape index (κ1) is 21.9. The molecule has 0 heterocycles. The summed E-state index contributed by atoms with van der Waals surface area (Å²) in [6.07, 6.45) is 0.718. The molecule has 0 aliphatic rings. The third-order valence-corrected chi connectivity index (χ3v) is 3.28. The van der Waals surface area contributed by atoms with E-state index in [1.165, 1.54) is 4.90 Å². The second-order valence-corrected chi connectivity index (χ2v) is 5.41. The molecule has 0 aromatic heterocycles. The van der Waals surface area contributed by atoms with E-state index >= 15 is 0 Å². The Hall–Kier alpha value is -2.12. The lowest BCUT2D eigenvalue weighted by atomic mass is 10.1. The quantitative estimate of drug-likeness (QED) is 0.694. The van der Waals surface area contributed by atoms with Crippen molar-refractivity contribution in [3.05, 3.63) is 29.3 Å². The predicted octanol–water partition coefficient (Wildman–Crippen LogP) is 2.17. The van der Waals surface area contributed by atoms with E-state index in [4.69, 9.17) is 5.11 Å². The Bertz CT molecular complexity index is 593. The highest BCUT2D eigenvalue weighted by molar-refractivity contribution is 6.01. The number of nitrogens with zero attached hydrogens (tertiary/aromatic N) is 1. The van der Waals surface area contributed by atoms with Crippen molar-refractivity contribution in [1.29, 1.82) is 0 Å².